The number of hydrogen-bond donors (Lipinski definition) is 3. The van der Waals surface area contributed by atoms with E-state index in [0.29, 0.717) is 18.1 Å². The van der Waals surface area contributed by atoms with Gasteiger partial charge in [0.2, 0.25) is 0 Å². The van der Waals surface area contributed by atoms with Gasteiger partial charge >= 0.3 is 0 Å². The number of pyridine rings is 1. The van der Waals surface area contributed by atoms with Gasteiger partial charge < -0.3 is 21.5 Å². The molecule has 0 fully saturated rings. The quantitative estimate of drug-likeness (QED) is 0.644. The number of aliphatic hydroxyl groups is 1. The third-order valence-electron chi connectivity index (χ3n) is 2.05. The second kappa shape index (κ2) is 4.80. The van der Waals surface area contributed by atoms with Crippen molar-refractivity contribution in [1.82, 2.24) is 4.98 Å². The average Bonchev–Trinajstić information content (AvgIpc) is 2.16. The summed E-state index contributed by atoms with van der Waals surface area (Å²) in [6.45, 7) is 2.01. The van der Waals surface area contributed by atoms with Crippen molar-refractivity contribution in [1.29, 1.82) is 0 Å². The molecule has 0 saturated heterocycles. The van der Waals surface area contributed by atoms with Crippen molar-refractivity contribution in [2.75, 3.05) is 24.2 Å². The van der Waals surface area contributed by atoms with Gasteiger partial charge in [-0.2, -0.15) is 0 Å². The molecule has 0 aromatic carbocycles. The van der Waals surface area contributed by atoms with Crippen molar-refractivity contribution < 1.29 is 9.90 Å². The molecule has 0 radical (unpaired) electrons. The first-order chi connectivity index (χ1) is 7.41. The second-order valence-electron chi connectivity index (χ2n) is 3.73. The lowest BCUT2D eigenvalue weighted by atomic mass is 10.2. The first-order valence-electron chi connectivity index (χ1n) is 4.86. The van der Waals surface area contributed by atoms with Crippen LogP contribution in [0.15, 0.2) is 12.3 Å². The van der Waals surface area contributed by atoms with Gasteiger partial charge in [0.25, 0.3) is 5.91 Å². The minimum absolute atomic E-state index is 0.253. The highest BCUT2D eigenvalue weighted by atomic mass is 16.3. The van der Waals surface area contributed by atoms with E-state index < -0.39 is 12.0 Å². The second-order valence-corrected chi connectivity index (χ2v) is 3.73. The molecular weight excluding hydrogens is 208 g/mol. The van der Waals surface area contributed by atoms with E-state index in [-0.39, 0.29) is 5.56 Å². The summed E-state index contributed by atoms with van der Waals surface area (Å²) in [5.41, 5.74) is 11.4. The molecule has 1 aromatic heterocycles. The number of hydrogen-bond acceptors (Lipinski definition) is 5. The lowest BCUT2D eigenvalue weighted by Gasteiger charge is -2.21. The summed E-state index contributed by atoms with van der Waals surface area (Å²) in [6.07, 6.45) is 0.922. The maximum absolute atomic E-state index is 11.2. The molecule has 0 spiro atoms. The molecule has 1 aromatic rings. The fourth-order valence-electron chi connectivity index (χ4n) is 1.44. The number of nitrogen functional groups attached to an aromatic ring is 1. The third kappa shape index (κ3) is 2.83. The zero-order chi connectivity index (χ0) is 12.3. The fraction of sp³-hybridized carbons (Fsp3) is 0.400. The highest BCUT2D eigenvalue weighted by Crippen LogP contribution is 2.18. The Morgan fingerprint density at radius 2 is 2.31 bits per heavy atom. The molecule has 1 rings (SSSR count). The molecule has 0 saturated carbocycles. The van der Waals surface area contributed by atoms with Crippen molar-refractivity contribution in [3.05, 3.63) is 17.8 Å². The molecule has 0 aliphatic heterocycles. The van der Waals surface area contributed by atoms with Crippen LogP contribution >= 0.6 is 0 Å². The van der Waals surface area contributed by atoms with Gasteiger partial charge in [0.15, 0.2) is 0 Å². The molecule has 0 aliphatic carbocycles. The van der Waals surface area contributed by atoms with Crippen LogP contribution in [0, 0.1) is 0 Å². The van der Waals surface area contributed by atoms with Crippen LogP contribution in [0.5, 0.6) is 0 Å². The van der Waals surface area contributed by atoms with E-state index in [1.165, 1.54) is 12.3 Å². The molecular formula is C10H16N4O2. The van der Waals surface area contributed by atoms with E-state index in [0.717, 1.165) is 0 Å². The van der Waals surface area contributed by atoms with Crippen molar-refractivity contribution in [3.8, 4) is 0 Å². The number of anilines is 2. The lowest BCUT2D eigenvalue weighted by molar-refractivity contribution is 0.1000. The summed E-state index contributed by atoms with van der Waals surface area (Å²) in [4.78, 5) is 16.9. The molecule has 0 aliphatic rings. The Morgan fingerprint density at radius 1 is 1.69 bits per heavy atom. The van der Waals surface area contributed by atoms with Gasteiger partial charge in [-0.3, -0.25) is 4.79 Å². The van der Waals surface area contributed by atoms with Crippen LogP contribution in [-0.2, 0) is 0 Å². The Morgan fingerprint density at radius 3 is 2.81 bits per heavy atom. The number of aliphatic hydroxyl groups excluding tert-OH is 1. The number of aromatic nitrogens is 1. The fourth-order valence-corrected chi connectivity index (χ4v) is 1.44. The molecule has 6 heteroatoms. The minimum Gasteiger partial charge on any atom is -0.397 e. The molecule has 1 amide bonds. The first-order valence-corrected chi connectivity index (χ1v) is 4.86. The van der Waals surface area contributed by atoms with Gasteiger partial charge in [0, 0.05) is 13.6 Å². The molecule has 0 bridgehead atoms. The van der Waals surface area contributed by atoms with Crippen molar-refractivity contribution >= 4 is 17.4 Å². The Hall–Kier alpha value is -1.82. The standard InChI is InChI=1S/C10H16N4O2/c1-6(15)5-14(2)10-8(9(12)16)3-7(11)4-13-10/h3-4,6,15H,5,11H2,1-2H3,(H2,12,16). The van der Waals surface area contributed by atoms with Crippen LogP contribution < -0.4 is 16.4 Å². The molecule has 5 N–H and O–H groups in total. The number of primary amides is 1. The largest absolute Gasteiger partial charge is 0.397 e. The first kappa shape index (κ1) is 12.3. The van der Waals surface area contributed by atoms with E-state index in [1.54, 1.807) is 18.9 Å². The Balaban J connectivity index is 3.07. The normalized spacial score (nSPS) is 12.2. The summed E-state index contributed by atoms with van der Waals surface area (Å²) in [6, 6.07) is 1.48. The highest BCUT2D eigenvalue weighted by molar-refractivity contribution is 5.98. The zero-order valence-corrected chi connectivity index (χ0v) is 9.34. The number of amides is 1. The molecule has 16 heavy (non-hydrogen) atoms. The van der Waals surface area contributed by atoms with Gasteiger partial charge in [-0.25, -0.2) is 4.98 Å². The molecule has 6 nitrogen and oxygen atoms in total. The maximum atomic E-state index is 11.2. The number of carbonyl (C=O) groups excluding carboxylic acids is 1. The van der Waals surface area contributed by atoms with Crippen molar-refractivity contribution in [2.24, 2.45) is 5.73 Å². The Bertz CT molecular complexity index is 392. The van der Waals surface area contributed by atoms with E-state index in [2.05, 4.69) is 4.98 Å². The number of carbonyl (C=O) groups is 1. The molecule has 88 valence electrons. The van der Waals surface area contributed by atoms with Gasteiger partial charge in [0.1, 0.15) is 5.82 Å². The summed E-state index contributed by atoms with van der Waals surface area (Å²) in [5.74, 6) is -0.171. The van der Waals surface area contributed by atoms with Crippen LogP contribution in [0.3, 0.4) is 0 Å². The van der Waals surface area contributed by atoms with Crippen molar-refractivity contribution in [3.63, 3.8) is 0 Å². The van der Waals surface area contributed by atoms with Crippen LogP contribution in [-0.4, -0.2) is 35.7 Å². The van der Waals surface area contributed by atoms with Crippen LogP contribution in [0.4, 0.5) is 11.5 Å². The Labute approximate surface area is 93.9 Å². The average molecular weight is 224 g/mol. The smallest absolute Gasteiger partial charge is 0.252 e. The minimum atomic E-state index is -0.591. The predicted octanol–water partition coefficient (Wildman–Crippen LogP) is -0.420. The Kier molecular flexibility index (Phi) is 3.68. The zero-order valence-electron chi connectivity index (χ0n) is 9.34. The molecule has 1 unspecified atom stereocenters. The topological polar surface area (TPSA) is 105 Å². The number of nitrogens with two attached hydrogens (primary N) is 2. The lowest BCUT2D eigenvalue weighted by Crippen LogP contribution is -2.30. The van der Waals surface area contributed by atoms with Crippen LogP contribution in [0.25, 0.3) is 0 Å². The molecule has 1 heterocycles. The van der Waals surface area contributed by atoms with E-state index in [9.17, 15) is 9.90 Å². The number of rotatable bonds is 4. The summed E-state index contributed by atoms with van der Waals surface area (Å²) in [5, 5.41) is 9.26. The number of nitrogens with zero attached hydrogens (tertiary/aromatic N) is 2. The van der Waals surface area contributed by atoms with Crippen LogP contribution in [0.1, 0.15) is 17.3 Å². The van der Waals surface area contributed by atoms with Crippen LogP contribution in [0.2, 0.25) is 0 Å². The highest BCUT2D eigenvalue weighted by Gasteiger charge is 2.15. The van der Waals surface area contributed by atoms with Gasteiger partial charge in [-0.05, 0) is 13.0 Å². The van der Waals surface area contributed by atoms with Crippen molar-refractivity contribution in [2.45, 2.75) is 13.0 Å². The maximum Gasteiger partial charge on any atom is 0.252 e. The van der Waals surface area contributed by atoms with Gasteiger partial charge in [-0.1, -0.05) is 0 Å². The SMILES string of the molecule is CC(O)CN(C)c1ncc(N)cc1C(N)=O. The van der Waals surface area contributed by atoms with E-state index >= 15 is 0 Å². The van der Waals surface area contributed by atoms with Gasteiger partial charge in [0.05, 0.1) is 23.6 Å². The third-order valence-corrected chi connectivity index (χ3v) is 2.05. The van der Waals surface area contributed by atoms with Gasteiger partial charge in [-0.15, -0.1) is 0 Å². The summed E-state index contributed by atoms with van der Waals surface area (Å²) < 4.78 is 0. The van der Waals surface area contributed by atoms with E-state index in [1.807, 2.05) is 0 Å². The van der Waals surface area contributed by atoms with E-state index in [4.69, 9.17) is 11.5 Å². The summed E-state index contributed by atoms with van der Waals surface area (Å²) in [7, 11) is 1.72. The predicted molar refractivity (Wildman–Crippen MR) is 62.1 cm³/mol. The number of likely N-dealkylation sites (N-methyl/N-ethyl adjacent to an activating group) is 1. The molecule has 1 atom stereocenters. The monoisotopic (exact) mass is 224 g/mol. The summed E-state index contributed by atoms with van der Waals surface area (Å²) >= 11 is 0.